The van der Waals surface area contributed by atoms with E-state index in [1.807, 2.05) is 37.4 Å². The van der Waals surface area contributed by atoms with Crippen molar-refractivity contribution in [3.63, 3.8) is 0 Å². The number of nitrogens with one attached hydrogen (secondary N) is 1. The van der Waals surface area contributed by atoms with E-state index in [0.717, 1.165) is 23.6 Å². The van der Waals surface area contributed by atoms with E-state index in [0.29, 0.717) is 6.42 Å². The van der Waals surface area contributed by atoms with Crippen LogP contribution in [0.15, 0.2) is 24.3 Å². The Morgan fingerprint density at radius 3 is 2.90 bits per heavy atom. The van der Waals surface area contributed by atoms with E-state index in [-0.39, 0.29) is 12.0 Å². The molecule has 2 atom stereocenters. The first-order chi connectivity index (χ1) is 9.56. The predicted molar refractivity (Wildman–Crippen MR) is 86.4 cm³/mol. The van der Waals surface area contributed by atoms with Gasteiger partial charge in [-0.25, -0.2) is 0 Å². The van der Waals surface area contributed by atoms with Gasteiger partial charge in [0.15, 0.2) is 0 Å². The molecular formula is C15H24N2O2S. The molecule has 0 aliphatic rings. The van der Waals surface area contributed by atoms with E-state index in [9.17, 15) is 4.79 Å². The molecule has 3 N–H and O–H groups in total. The van der Waals surface area contributed by atoms with Crippen LogP contribution in [0.25, 0.3) is 0 Å². The van der Waals surface area contributed by atoms with Crippen LogP contribution in [0.4, 0.5) is 5.69 Å². The minimum atomic E-state index is -0.471. The highest BCUT2D eigenvalue weighted by Crippen LogP contribution is 2.19. The average Bonchev–Trinajstić information content (AvgIpc) is 2.44. The Balaban J connectivity index is 2.59. The van der Waals surface area contributed by atoms with Crippen LogP contribution in [0, 0.1) is 0 Å². The van der Waals surface area contributed by atoms with Crippen LogP contribution >= 0.6 is 11.8 Å². The smallest absolute Gasteiger partial charge is 0.241 e. The number of thioether (sulfide) groups is 1. The quantitative estimate of drug-likeness (QED) is 0.774. The van der Waals surface area contributed by atoms with Crippen LogP contribution in [0.5, 0.6) is 5.75 Å². The summed E-state index contributed by atoms with van der Waals surface area (Å²) in [4.78, 5) is 11.9. The fourth-order valence-corrected chi connectivity index (χ4v) is 2.06. The third-order valence-electron chi connectivity index (χ3n) is 2.98. The zero-order chi connectivity index (χ0) is 15.0. The first-order valence-corrected chi connectivity index (χ1v) is 8.28. The number of anilines is 1. The van der Waals surface area contributed by atoms with Gasteiger partial charge in [-0.3, -0.25) is 4.79 Å². The standard InChI is InChI=1S/C15H24N2O2S/c1-4-11(2)19-13-7-5-6-12(10-13)17-15(18)14(16)8-9-20-3/h5-7,10-11,14H,4,8-9,16H2,1-3H3,(H,17,18)/t11?,14-/m1/s1. The molecule has 0 aromatic heterocycles. The fourth-order valence-electron chi connectivity index (χ4n) is 1.57. The summed E-state index contributed by atoms with van der Waals surface area (Å²) in [5.74, 6) is 1.49. The van der Waals surface area contributed by atoms with Gasteiger partial charge in [-0.2, -0.15) is 11.8 Å². The lowest BCUT2D eigenvalue weighted by atomic mass is 10.2. The highest BCUT2D eigenvalue weighted by atomic mass is 32.2. The maximum atomic E-state index is 11.9. The summed E-state index contributed by atoms with van der Waals surface area (Å²) in [6.07, 6.45) is 3.77. The zero-order valence-electron chi connectivity index (χ0n) is 12.4. The topological polar surface area (TPSA) is 64.3 Å². The first-order valence-electron chi connectivity index (χ1n) is 6.89. The maximum absolute atomic E-state index is 11.9. The molecule has 0 heterocycles. The van der Waals surface area contributed by atoms with Crippen molar-refractivity contribution in [1.82, 2.24) is 0 Å². The largest absolute Gasteiger partial charge is 0.491 e. The van der Waals surface area contributed by atoms with Gasteiger partial charge < -0.3 is 15.8 Å². The van der Waals surface area contributed by atoms with Gasteiger partial charge in [0.2, 0.25) is 5.91 Å². The second-order valence-electron chi connectivity index (χ2n) is 4.74. The summed E-state index contributed by atoms with van der Waals surface area (Å²) in [6.45, 7) is 4.09. The molecule has 20 heavy (non-hydrogen) atoms. The monoisotopic (exact) mass is 296 g/mol. The van der Waals surface area contributed by atoms with Crippen molar-refractivity contribution in [2.24, 2.45) is 5.73 Å². The van der Waals surface area contributed by atoms with Crippen molar-refractivity contribution >= 4 is 23.4 Å². The van der Waals surface area contributed by atoms with Crippen LogP contribution in [0.1, 0.15) is 26.7 Å². The molecule has 1 amide bonds. The minimum Gasteiger partial charge on any atom is -0.491 e. The van der Waals surface area contributed by atoms with Crippen molar-refractivity contribution in [3.8, 4) is 5.75 Å². The summed E-state index contributed by atoms with van der Waals surface area (Å²) < 4.78 is 5.73. The number of amides is 1. The molecular weight excluding hydrogens is 272 g/mol. The summed E-state index contributed by atoms with van der Waals surface area (Å²) in [5, 5.41) is 2.83. The van der Waals surface area contributed by atoms with Gasteiger partial charge in [0.25, 0.3) is 0 Å². The molecule has 0 saturated heterocycles. The summed E-state index contributed by atoms with van der Waals surface area (Å²) in [7, 11) is 0. The molecule has 0 aliphatic carbocycles. The summed E-state index contributed by atoms with van der Waals surface area (Å²) in [6, 6.07) is 6.94. The highest BCUT2D eigenvalue weighted by molar-refractivity contribution is 7.98. The summed E-state index contributed by atoms with van der Waals surface area (Å²) in [5.41, 5.74) is 6.55. The Labute approximate surface area is 125 Å². The predicted octanol–water partition coefficient (Wildman–Crippen LogP) is 2.88. The fraction of sp³-hybridized carbons (Fsp3) is 0.533. The number of nitrogens with two attached hydrogens (primary N) is 1. The molecule has 4 nitrogen and oxygen atoms in total. The van der Waals surface area contributed by atoms with Gasteiger partial charge in [-0.15, -0.1) is 0 Å². The molecule has 112 valence electrons. The van der Waals surface area contributed by atoms with Crippen LogP contribution in [-0.4, -0.2) is 30.1 Å². The molecule has 0 spiro atoms. The molecule has 0 fully saturated rings. The number of carbonyl (C=O) groups is 1. The van der Waals surface area contributed by atoms with E-state index in [1.165, 1.54) is 0 Å². The van der Waals surface area contributed by atoms with Crippen LogP contribution in [-0.2, 0) is 4.79 Å². The third kappa shape index (κ3) is 5.84. The van der Waals surface area contributed by atoms with E-state index >= 15 is 0 Å². The van der Waals surface area contributed by atoms with Crippen LogP contribution < -0.4 is 15.8 Å². The van der Waals surface area contributed by atoms with Gasteiger partial charge in [0, 0.05) is 11.8 Å². The number of rotatable bonds is 8. The first kappa shape index (κ1) is 16.9. The summed E-state index contributed by atoms with van der Waals surface area (Å²) >= 11 is 1.69. The number of benzene rings is 1. The van der Waals surface area contributed by atoms with Crippen molar-refractivity contribution in [3.05, 3.63) is 24.3 Å². The second-order valence-corrected chi connectivity index (χ2v) is 5.73. The Bertz CT molecular complexity index is 426. The number of hydrogen-bond donors (Lipinski definition) is 2. The lowest BCUT2D eigenvalue weighted by Gasteiger charge is -2.15. The van der Waals surface area contributed by atoms with Gasteiger partial charge in [0.05, 0.1) is 12.1 Å². The lowest BCUT2D eigenvalue weighted by Crippen LogP contribution is -2.36. The van der Waals surface area contributed by atoms with Crippen molar-refractivity contribution < 1.29 is 9.53 Å². The minimum absolute atomic E-state index is 0.153. The molecule has 1 aromatic carbocycles. The third-order valence-corrected chi connectivity index (χ3v) is 3.63. The SMILES string of the molecule is CCC(C)Oc1cccc(NC(=O)[C@H](N)CCSC)c1. The average molecular weight is 296 g/mol. The van der Waals surface area contributed by atoms with Gasteiger partial charge in [-0.05, 0) is 43.9 Å². The Hall–Kier alpha value is -1.20. The zero-order valence-corrected chi connectivity index (χ0v) is 13.2. The van der Waals surface area contributed by atoms with Crippen molar-refractivity contribution in [2.75, 3.05) is 17.3 Å². The Morgan fingerprint density at radius 1 is 1.50 bits per heavy atom. The molecule has 1 unspecified atom stereocenters. The maximum Gasteiger partial charge on any atom is 0.241 e. The van der Waals surface area contributed by atoms with Crippen molar-refractivity contribution in [2.45, 2.75) is 38.8 Å². The second kappa shape index (κ2) is 8.87. The molecule has 5 heteroatoms. The molecule has 0 aliphatic heterocycles. The van der Waals surface area contributed by atoms with E-state index in [4.69, 9.17) is 10.5 Å². The number of ether oxygens (including phenoxy) is 1. The van der Waals surface area contributed by atoms with Crippen LogP contribution in [0.3, 0.4) is 0 Å². The van der Waals surface area contributed by atoms with Gasteiger partial charge in [0.1, 0.15) is 5.75 Å². The highest BCUT2D eigenvalue weighted by Gasteiger charge is 2.13. The normalized spacial score (nSPS) is 13.6. The van der Waals surface area contributed by atoms with Crippen molar-refractivity contribution in [1.29, 1.82) is 0 Å². The Kier molecular flexibility index (Phi) is 7.47. The molecule has 0 radical (unpaired) electrons. The van der Waals surface area contributed by atoms with E-state index in [1.54, 1.807) is 11.8 Å². The molecule has 0 bridgehead atoms. The van der Waals surface area contributed by atoms with Gasteiger partial charge >= 0.3 is 0 Å². The lowest BCUT2D eigenvalue weighted by molar-refractivity contribution is -0.117. The molecule has 1 rings (SSSR count). The molecule has 0 saturated carbocycles. The molecule has 1 aromatic rings. The van der Waals surface area contributed by atoms with Crippen LogP contribution in [0.2, 0.25) is 0 Å². The number of carbonyl (C=O) groups excluding carboxylic acids is 1. The number of hydrogen-bond acceptors (Lipinski definition) is 4. The Morgan fingerprint density at radius 2 is 2.25 bits per heavy atom. The van der Waals surface area contributed by atoms with E-state index < -0.39 is 6.04 Å². The van der Waals surface area contributed by atoms with Gasteiger partial charge in [-0.1, -0.05) is 13.0 Å². The van der Waals surface area contributed by atoms with E-state index in [2.05, 4.69) is 12.2 Å².